The fourth-order valence-corrected chi connectivity index (χ4v) is 3.06. The number of nitrogens with one attached hydrogen (secondary N) is 1. The Morgan fingerprint density at radius 3 is 2.44 bits per heavy atom. The second-order valence-corrected chi connectivity index (χ2v) is 6.36. The predicted octanol–water partition coefficient (Wildman–Crippen LogP) is 2.37. The molecule has 1 heterocycles. The summed E-state index contributed by atoms with van der Waals surface area (Å²) in [4.78, 5) is 28.1. The van der Waals surface area contributed by atoms with Crippen LogP contribution in [0.15, 0.2) is 48.5 Å². The maximum Gasteiger partial charge on any atom is 0.337 e. The van der Waals surface area contributed by atoms with Gasteiger partial charge in [0.1, 0.15) is 5.82 Å². The number of methoxy groups -OCH3 is 1. The van der Waals surface area contributed by atoms with Gasteiger partial charge >= 0.3 is 5.97 Å². The summed E-state index contributed by atoms with van der Waals surface area (Å²) in [7, 11) is 1.32. The number of anilines is 2. The standard InChI is InChI=1S/C20H22FN3O3/c1-27-20(26)15-3-2-4-17(13-15)22-19(25)14-23-9-11-24(12-10-23)18-7-5-16(21)6-8-18/h2-8,13H,9-12,14H2,1H3,(H,22,25). The minimum Gasteiger partial charge on any atom is -0.465 e. The summed E-state index contributed by atoms with van der Waals surface area (Å²) in [5, 5.41) is 2.81. The largest absolute Gasteiger partial charge is 0.465 e. The lowest BCUT2D eigenvalue weighted by Crippen LogP contribution is -2.48. The van der Waals surface area contributed by atoms with Gasteiger partial charge in [-0.15, -0.1) is 0 Å². The molecule has 1 fully saturated rings. The molecule has 7 heteroatoms. The molecule has 0 saturated carbocycles. The van der Waals surface area contributed by atoms with E-state index in [1.54, 1.807) is 36.4 Å². The first-order valence-electron chi connectivity index (χ1n) is 8.76. The van der Waals surface area contributed by atoms with Crippen LogP contribution in [0.25, 0.3) is 0 Å². The van der Waals surface area contributed by atoms with E-state index in [2.05, 4.69) is 19.9 Å². The van der Waals surface area contributed by atoms with Gasteiger partial charge in [-0.05, 0) is 42.5 Å². The summed E-state index contributed by atoms with van der Waals surface area (Å²) < 4.78 is 17.7. The molecule has 0 spiro atoms. The lowest BCUT2D eigenvalue weighted by Gasteiger charge is -2.35. The maximum absolute atomic E-state index is 13.0. The van der Waals surface area contributed by atoms with E-state index in [1.165, 1.54) is 19.2 Å². The first kappa shape index (κ1) is 18.8. The molecule has 1 aliphatic rings. The van der Waals surface area contributed by atoms with Gasteiger partial charge in [0.2, 0.25) is 5.91 Å². The average molecular weight is 371 g/mol. The van der Waals surface area contributed by atoms with Crippen molar-refractivity contribution in [3.63, 3.8) is 0 Å². The predicted molar refractivity (Wildman–Crippen MR) is 101 cm³/mol. The molecule has 2 aromatic carbocycles. The number of carbonyl (C=O) groups excluding carboxylic acids is 2. The monoisotopic (exact) mass is 371 g/mol. The Hall–Kier alpha value is -2.93. The normalized spacial score (nSPS) is 14.7. The molecule has 3 rings (SSSR count). The lowest BCUT2D eigenvalue weighted by molar-refractivity contribution is -0.117. The number of benzene rings is 2. The van der Waals surface area contributed by atoms with Crippen LogP contribution in [-0.4, -0.2) is 56.6 Å². The maximum atomic E-state index is 13.0. The second kappa shape index (κ2) is 8.64. The molecule has 0 bridgehead atoms. The number of piperazine rings is 1. The number of ether oxygens (including phenoxy) is 1. The van der Waals surface area contributed by atoms with Crippen LogP contribution in [0.4, 0.5) is 15.8 Å². The van der Waals surface area contributed by atoms with E-state index in [9.17, 15) is 14.0 Å². The molecule has 0 radical (unpaired) electrons. The first-order valence-corrected chi connectivity index (χ1v) is 8.76. The smallest absolute Gasteiger partial charge is 0.337 e. The van der Waals surface area contributed by atoms with Crippen molar-refractivity contribution in [3.8, 4) is 0 Å². The minimum absolute atomic E-state index is 0.132. The number of halogens is 1. The van der Waals surface area contributed by atoms with Crippen molar-refractivity contribution in [1.82, 2.24) is 4.90 Å². The topological polar surface area (TPSA) is 61.9 Å². The van der Waals surface area contributed by atoms with Gasteiger partial charge in [-0.1, -0.05) is 6.07 Å². The third kappa shape index (κ3) is 5.04. The number of amides is 1. The van der Waals surface area contributed by atoms with Crippen molar-refractivity contribution < 1.29 is 18.7 Å². The highest BCUT2D eigenvalue weighted by Gasteiger charge is 2.19. The van der Waals surface area contributed by atoms with Crippen LogP contribution in [0.1, 0.15) is 10.4 Å². The number of esters is 1. The van der Waals surface area contributed by atoms with Crippen LogP contribution in [0.2, 0.25) is 0 Å². The molecule has 1 N–H and O–H groups in total. The summed E-state index contributed by atoms with van der Waals surface area (Å²) in [5.41, 5.74) is 1.94. The Balaban J connectivity index is 1.49. The zero-order valence-electron chi connectivity index (χ0n) is 15.2. The van der Waals surface area contributed by atoms with Gasteiger partial charge in [-0.2, -0.15) is 0 Å². The van der Waals surface area contributed by atoms with Crippen LogP contribution in [0.5, 0.6) is 0 Å². The average Bonchev–Trinajstić information content (AvgIpc) is 2.69. The molecule has 1 saturated heterocycles. The van der Waals surface area contributed by atoms with Gasteiger partial charge in [0, 0.05) is 37.6 Å². The highest BCUT2D eigenvalue weighted by Crippen LogP contribution is 2.17. The summed E-state index contributed by atoms with van der Waals surface area (Å²) in [6.07, 6.45) is 0. The van der Waals surface area contributed by atoms with E-state index in [-0.39, 0.29) is 18.3 Å². The summed E-state index contributed by atoms with van der Waals surface area (Å²) in [6.45, 7) is 3.31. The molecule has 142 valence electrons. The van der Waals surface area contributed by atoms with Crippen LogP contribution in [-0.2, 0) is 9.53 Å². The Morgan fingerprint density at radius 2 is 1.78 bits per heavy atom. The van der Waals surface area contributed by atoms with E-state index in [0.717, 1.165) is 31.9 Å². The van der Waals surface area contributed by atoms with Gasteiger partial charge in [0.25, 0.3) is 0 Å². The zero-order chi connectivity index (χ0) is 19.2. The number of carbonyl (C=O) groups is 2. The van der Waals surface area contributed by atoms with Gasteiger partial charge in [0.15, 0.2) is 0 Å². The van der Waals surface area contributed by atoms with Crippen molar-refractivity contribution in [2.75, 3.05) is 50.1 Å². The molecule has 1 aliphatic heterocycles. The van der Waals surface area contributed by atoms with E-state index in [4.69, 9.17) is 0 Å². The van der Waals surface area contributed by atoms with Crippen molar-refractivity contribution >= 4 is 23.3 Å². The molecule has 2 aromatic rings. The van der Waals surface area contributed by atoms with E-state index in [0.29, 0.717) is 11.3 Å². The van der Waals surface area contributed by atoms with Crippen molar-refractivity contribution in [2.45, 2.75) is 0 Å². The summed E-state index contributed by atoms with van der Waals surface area (Å²) >= 11 is 0. The summed E-state index contributed by atoms with van der Waals surface area (Å²) in [5.74, 6) is -0.819. The third-order valence-electron chi connectivity index (χ3n) is 4.50. The van der Waals surface area contributed by atoms with Crippen LogP contribution in [0, 0.1) is 5.82 Å². The SMILES string of the molecule is COC(=O)c1cccc(NC(=O)CN2CCN(c3ccc(F)cc3)CC2)c1. The molecule has 27 heavy (non-hydrogen) atoms. The Kier molecular flexibility index (Phi) is 6.03. The number of hydrogen-bond acceptors (Lipinski definition) is 5. The van der Waals surface area contributed by atoms with Crippen molar-refractivity contribution in [3.05, 3.63) is 59.9 Å². The molecule has 0 unspecified atom stereocenters. The van der Waals surface area contributed by atoms with Gasteiger partial charge in [-0.25, -0.2) is 9.18 Å². The van der Waals surface area contributed by atoms with Gasteiger partial charge < -0.3 is 15.0 Å². The van der Waals surface area contributed by atoms with Gasteiger partial charge in [0.05, 0.1) is 19.2 Å². The highest BCUT2D eigenvalue weighted by molar-refractivity contribution is 5.95. The third-order valence-corrected chi connectivity index (χ3v) is 4.50. The van der Waals surface area contributed by atoms with Gasteiger partial charge in [-0.3, -0.25) is 9.69 Å². The Morgan fingerprint density at radius 1 is 1.07 bits per heavy atom. The zero-order valence-corrected chi connectivity index (χ0v) is 15.2. The Bertz CT molecular complexity index is 802. The van der Waals surface area contributed by atoms with E-state index in [1.807, 2.05) is 0 Å². The quantitative estimate of drug-likeness (QED) is 0.818. The van der Waals surface area contributed by atoms with Crippen LogP contribution in [0.3, 0.4) is 0 Å². The van der Waals surface area contributed by atoms with Crippen molar-refractivity contribution in [1.29, 1.82) is 0 Å². The van der Waals surface area contributed by atoms with E-state index >= 15 is 0 Å². The second-order valence-electron chi connectivity index (χ2n) is 6.36. The fraction of sp³-hybridized carbons (Fsp3) is 0.300. The first-order chi connectivity index (χ1) is 13.0. The Labute approximate surface area is 157 Å². The molecular weight excluding hydrogens is 349 g/mol. The molecule has 0 aromatic heterocycles. The van der Waals surface area contributed by atoms with Crippen LogP contribution >= 0.6 is 0 Å². The van der Waals surface area contributed by atoms with Crippen molar-refractivity contribution in [2.24, 2.45) is 0 Å². The number of nitrogens with zero attached hydrogens (tertiary/aromatic N) is 2. The molecule has 6 nitrogen and oxygen atoms in total. The lowest BCUT2D eigenvalue weighted by atomic mass is 10.2. The number of rotatable bonds is 5. The molecule has 0 aliphatic carbocycles. The fourth-order valence-electron chi connectivity index (χ4n) is 3.06. The molecular formula is C20H22FN3O3. The highest BCUT2D eigenvalue weighted by atomic mass is 19.1. The molecule has 1 amide bonds. The van der Waals surface area contributed by atoms with E-state index < -0.39 is 5.97 Å². The number of hydrogen-bond donors (Lipinski definition) is 1. The summed E-state index contributed by atoms with van der Waals surface area (Å²) in [6, 6.07) is 13.1. The minimum atomic E-state index is -0.442. The van der Waals surface area contributed by atoms with Crippen LogP contribution < -0.4 is 10.2 Å². The molecule has 0 atom stereocenters.